The number of hydrogen-bond donors (Lipinski definition) is 3. The van der Waals surface area contributed by atoms with Gasteiger partial charge in [0.1, 0.15) is 11.5 Å². The summed E-state index contributed by atoms with van der Waals surface area (Å²) in [6.07, 6.45) is 2.94. The lowest BCUT2D eigenvalue weighted by Gasteiger charge is -2.48. The number of hydrogen-bond acceptors (Lipinski definition) is 7. The number of furan rings is 1. The van der Waals surface area contributed by atoms with Gasteiger partial charge in [-0.2, -0.15) is 0 Å². The SMILES string of the molecule is C[C@H]1CN(c2ccncc2NC(=O)c2ccc3cc(C4CC4c4ccccc4)oc3n2)C[C@@H](NC(=O)O)[C@@H]1O[Si](C)(C)C(C)(C)C. The summed E-state index contributed by atoms with van der Waals surface area (Å²) in [5.41, 5.74) is 3.25. The maximum atomic E-state index is 13.5. The van der Waals surface area contributed by atoms with Crippen molar-refractivity contribution in [2.24, 2.45) is 5.92 Å². The molecule has 1 aliphatic carbocycles. The zero-order chi connectivity index (χ0) is 32.8. The van der Waals surface area contributed by atoms with Crippen molar-refractivity contribution in [3.63, 3.8) is 0 Å². The van der Waals surface area contributed by atoms with Gasteiger partial charge in [0.25, 0.3) is 5.91 Å². The third-order valence-corrected chi connectivity index (χ3v) is 14.3. The van der Waals surface area contributed by atoms with Gasteiger partial charge in [0, 0.05) is 36.5 Å². The van der Waals surface area contributed by atoms with Gasteiger partial charge in [0.2, 0.25) is 5.71 Å². The second-order valence-electron chi connectivity index (χ2n) is 14.2. The fraction of sp³-hybridized carbons (Fsp3) is 0.429. The molecule has 6 rings (SSSR count). The van der Waals surface area contributed by atoms with E-state index in [4.69, 9.17) is 8.84 Å². The molecule has 1 saturated carbocycles. The van der Waals surface area contributed by atoms with Crippen molar-refractivity contribution in [1.29, 1.82) is 0 Å². The highest BCUT2D eigenvalue weighted by Crippen LogP contribution is 2.55. The first-order chi connectivity index (χ1) is 21.8. The first-order valence-corrected chi connectivity index (χ1v) is 18.8. The maximum Gasteiger partial charge on any atom is 0.405 e. The molecule has 2 unspecified atom stereocenters. The quantitative estimate of drug-likeness (QED) is 0.172. The average Bonchev–Trinajstić information content (AvgIpc) is 3.69. The number of piperidine rings is 1. The lowest BCUT2D eigenvalue weighted by molar-refractivity contribution is 0.0722. The van der Waals surface area contributed by atoms with Crippen molar-refractivity contribution in [2.45, 2.75) is 76.2 Å². The zero-order valence-corrected chi connectivity index (χ0v) is 28.3. The van der Waals surface area contributed by atoms with Gasteiger partial charge in [-0.05, 0) is 60.3 Å². The smallest absolute Gasteiger partial charge is 0.405 e. The maximum absolute atomic E-state index is 13.5. The second-order valence-corrected chi connectivity index (χ2v) is 19.0. The van der Waals surface area contributed by atoms with Crippen LogP contribution in [0.15, 0.2) is 71.4 Å². The number of amides is 2. The third kappa shape index (κ3) is 6.52. The van der Waals surface area contributed by atoms with E-state index in [1.807, 2.05) is 24.3 Å². The zero-order valence-electron chi connectivity index (χ0n) is 27.3. The van der Waals surface area contributed by atoms with Crippen LogP contribution in [0.25, 0.3) is 11.1 Å². The van der Waals surface area contributed by atoms with Gasteiger partial charge >= 0.3 is 6.09 Å². The van der Waals surface area contributed by atoms with Gasteiger partial charge < -0.3 is 29.5 Å². The van der Waals surface area contributed by atoms with E-state index in [0.29, 0.717) is 36.3 Å². The topological polar surface area (TPSA) is 130 Å². The Kier molecular flexibility index (Phi) is 8.41. The highest BCUT2D eigenvalue weighted by atomic mass is 28.4. The Morgan fingerprint density at radius 1 is 1.07 bits per heavy atom. The highest BCUT2D eigenvalue weighted by molar-refractivity contribution is 6.74. The number of anilines is 2. The van der Waals surface area contributed by atoms with Gasteiger partial charge in [0.15, 0.2) is 8.32 Å². The Morgan fingerprint density at radius 3 is 2.54 bits per heavy atom. The number of carboxylic acid groups (broad SMARTS) is 1. The molecule has 11 heteroatoms. The fourth-order valence-corrected chi connectivity index (χ4v) is 7.66. The number of pyridine rings is 2. The Morgan fingerprint density at radius 2 is 1.83 bits per heavy atom. The van der Waals surface area contributed by atoms with Crippen molar-refractivity contribution >= 4 is 42.8 Å². The summed E-state index contributed by atoms with van der Waals surface area (Å²) in [5.74, 6) is 1.27. The molecule has 1 aliphatic heterocycles. The minimum atomic E-state index is -2.17. The predicted octanol–water partition coefficient (Wildman–Crippen LogP) is 7.23. The molecule has 242 valence electrons. The molecule has 4 heterocycles. The van der Waals surface area contributed by atoms with Gasteiger partial charge in [0.05, 0.1) is 29.7 Å². The van der Waals surface area contributed by atoms with E-state index in [0.717, 1.165) is 23.3 Å². The van der Waals surface area contributed by atoms with Crippen LogP contribution in [0.5, 0.6) is 0 Å². The molecule has 1 aromatic carbocycles. The largest absolute Gasteiger partial charge is 0.465 e. The monoisotopic (exact) mass is 641 g/mol. The number of carbonyl (C=O) groups excluding carboxylic acids is 1. The first kappa shape index (κ1) is 31.7. The second kappa shape index (κ2) is 12.2. The van der Waals surface area contributed by atoms with E-state index in [-0.39, 0.29) is 28.7 Å². The Balaban J connectivity index is 1.18. The minimum Gasteiger partial charge on any atom is -0.465 e. The molecule has 3 aromatic heterocycles. The van der Waals surface area contributed by atoms with Crippen LogP contribution in [-0.2, 0) is 4.43 Å². The molecule has 2 aliphatic rings. The summed E-state index contributed by atoms with van der Waals surface area (Å²) in [6, 6.07) is 17.4. The van der Waals surface area contributed by atoms with Gasteiger partial charge in [-0.15, -0.1) is 0 Å². The van der Waals surface area contributed by atoms with Crippen LogP contribution in [0, 0.1) is 5.92 Å². The van der Waals surface area contributed by atoms with E-state index >= 15 is 0 Å². The van der Waals surface area contributed by atoms with E-state index in [1.54, 1.807) is 18.5 Å². The number of nitrogens with one attached hydrogen (secondary N) is 2. The molecule has 46 heavy (non-hydrogen) atoms. The summed E-state index contributed by atoms with van der Waals surface area (Å²) >= 11 is 0. The summed E-state index contributed by atoms with van der Waals surface area (Å²) in [4.78, 5) is 36.3. The van der Waals surface area contributed by atoms with Gasteiger partial charge in [-0.3, -0.25) is 9.78 Å². The van der Waals surface area contributed by atoms with Gasteiger partial charge in [-0.1, -0.05) is 58.0 Å². The van der Waals surface area contributed by atoms with Crippen molar-refractivity contribution in [3.05, 3.63) is 84.0 Å². The molecule has 0 spiro atoms. The van der Waals surface area contributed by atoms with E-state index < -0.39 is 20.5 Å². The van der Waals surface area contributed by atoms with E-state index in [9.17, 15) is 14.7 Å². The average molecular weight is 642 g/mol. The summed E-state index contributed by atoms with van der Waals surface area (Å²) in [5, 5.41) is 16.3. The molecular weight excluding hydrogens is 599 g/mol. The molecule has 2 fully saturated rings. The minimum absolute atomic E-state index is 0.0154. The molecule has 0 radical (unpaired) electrons. The lowest BCUT2D eigenvalue weighted by atomic mass is 9.92. The van der Waals surface area contributed by atoms with Crippen LogP contribution in [-0.4, -0.2) is 60.6 Å². The molecule has 3 N–H and O–H groups in total. The summed E-state index contributed by atoms with van der Waals surface area (Å²) in [6.45, 7) is 14.0. The van der Waals surface area contributed by atoms with Gasteiger partial charge in [-0.25, -0.2) is 9.78 Å². The Bertz CT molecular complexity index is 1740. The standard InChI is InChI=1S/C35H43N5O5Si/c1-21-19-40(20-28(39-34(42)43)31(21)45-46(5,6)35(2,3)4)29-14-15-36-18-27(29)37-32(41)26-13-12-23-16-30(44-33(23)38-26)25-17-24(25)22-10-8-7-9-11-22/h7-16,18,21,24-25,28,31,39H,17,19-20H2,1-6H3,(H,37,41)(H,42,43)/t21-,24?,25?,28+,31+/m0/s1. The van der Waals surface area contributed by atoms with Crippen molar-refractivity contribution in [1.82, 2.24) is 15.3 Å². The molecule has 1 saturated heterocycles. The fourth-order valence-electron chi connectivity index (χ4n) is 6.23. The van der Waals surface area contributed by atoms with Crippen LogP contribution in [0.2, 0.25) is 18.1 Å². The number of fused-ring (bicyclic) bond motifs is 1. The van der Waals surface area contributed by atoms with Crippen LogP contribution >= 0.6 is 0 Å². The summed E-state index contributed by atoms with van der Waals surface area (Å²) in [7, 11) is -2.17. The Hall–Kier alpha value is -4.22. The third-order valence-electron chi connectivity index (χ3n) is 9.83. The van der Waals surface area contributed by atoms with Crippen LogP contribution in [0.3, 0.4) is 0 Å². The Labute approximate surface area is 270 Å². The van der Waals surface area contributed by atoms with Crippen molar-refractivity contribution in [2.75, 3.05) is 23.3 Å². The summed E-state index contributed by atoms with van der Waals surface area (Å²) < 4.78 is 12.9. The number of benzene rings is 1. The van der Waals surface area contributed by atoms with Crippen LogP contribution < -0.4 is 15.5 Å². The van der Waals surface area contributed by atoms with Crippen LogP contribution in [0.1, 0.15) is 67.8 Å². The lowest BCUT2D eigenvalue weighted by Crippen LogP contribution is -2.62. The number of nitrogens with zero attached hydrogens (tertiary/aromatic N) is 3. The molecule has 0 bridgehead atoms. The van der Waals surface area contributed by atoms with Crippen LogP contribution in [0.4, 0.5) is 16.2 Å². The number of aromatic nitrogens is 2. The highest BCUT2D eigenvalue weighted by Gasteiger charge is 2.45. The molecule has 2 amide bonds. The molecular formula is C35H43N5O5Si. The van der Waals surface area contributed by atoms with E-state index in [1.165, 1.54) is 5.56 Å². The normalized spacial score (nSPS) is 23.3. The predicted molar refractivity (Wildman–Crippen MR) is 181 cm³/mol. The molecule has 10 nitrogen and oxygen atoms in total. The number of carbonyl (C=O) groups is 2. The van der Waals surface area contributed by atoms with Crippen molar-refractivity contribution < 1.29 is 23.5 Å². The van der Waals surface area contributed by atoms with Crippen molar-refractivity contribution in [3.8, 4) is 0 Å². The van der Waals surface area contributed by atoms with E-state index in [2.05, 4.69) is 90.6 Å². The first-order valence-electron chi connectivity index (χ1n) is 15.9. The number of rotatable bonds is 8. The molecule has 4 aromatic rings. The molecule has 5 atom stereocenters.